The highest BCUT2D eigenvalue weighted by atomic mass is 16.4. The second-order valence-electron chi connectivity index (χ2n) is 2.52. The smallest absolute Gasteiger partial charge is 0.317 e. The zero-order chi connectivity index (χ0) is 8.97. The van der Waals surface area contributed by atoms with Gasteiger partial charge in [-0.25, -0.2) is 0 Å². The van der Waals surface area contributed by atoms with Crippen LogP contribution < -0.4 is 5.32 Å². The number of nitrogens with zero attached hydrogens (tertiary/aromatic N) is 1. The summed E-state index contributed by atoms with van der Waals surface area (Å²) in [4.78, 5) is 10.1. The number of aromatic amines is 1. The Labute approximate surface area is 69.8 Å². The van der Waals surface area contributed by atoms with E-state index in [-0.39, 0.29) is 6.54 Å². The van der Waals surface area contributed by atoms with Crippen molar-refractivity contribution in [3.63, 3.8) is 0 Å². The van der Waals surface area contributed by atoms with Crippen LogP contribution >= 0.6 is 0 Å². The van der Waals surface area contributed by atoms with E-state index in [0.29, 0.717) is 6.54 Å². The zero-order valence-corrected chi connectivity index (χ0v) is 6.79. The number of aliphatic carboxylic acids is 1. The number of H-pyrrole nitrogens is 1. The minimum absolute atomic E-state index is 0.0232. The molecular formula is C7H11N3O2. The maximum Gasteiger partial charge on any atom is 0.317 e. The Bertz CT molecular complexity index is 269. The summed E-state index contributed by atoms with van der Waals surface area (Å²) in [5.41, 5.74) is 1.96. The number of hydrogen-bond donors (Lipinski definition) is 3. The fraction of sp³-hybridized carbons (Fsp3) is 0.429. The highest BCUT2D eigenvalue weighted by Crippen LogP contribution is 2.00. The molecule has 66 valence electrons. The van der Waals surface area contributed by atoms with E-state index in [1.165, 1.54) is 0 Å². The van der Waals surface area contributed by atoms with E-state index in [2.05, 4.69) is 15.5 Å². The van der Waals surface area contributed by atoms with Crippen LogP contribution in [0.3, 0.4) is 0 Å². The first-order chi connectivity index (χ1) is 5.70. The Morgan fingerprint density at radius 2 is 2.58 bits per heavy atom. The summed E-state index contributed by atoms with van der Waals surface area (Å²) in [6.07, 6.45) is 1.68. The Morgan fingerprint density at radius 1 is 1.83 bits per heavy atom. The molecule has 0 unspecified atom stereocenters. The van der Waals surface area contributed by atoms with E-state index in [4.69, 9.17) is 5.11 Å². The van der Waals surface area contributed by atoms with Crippen LogP contribution in [0.25, 0.3) is 0 Å². The Morgan fingerprint density at radius 3 is 3.08 bits per heavy atom. The average molecular weight is 169 g/mol. The number of carbonyl (C=O) groups is 1. The lowest BCUT2D eigenvalue weighted by Crippen LogP contribution is -2.21. The van der Waals surface area contributed by atoms with Gasteiger partial charge in [0, 0.05) is 17.8 Å². The number of hydrogen-bond acceptors (Lipinski definition) is 3. The van der Waals surface area contributed by atoms with E-state index in [0.717, 1.165) is 11.3 Å². The highest BCUT2D eigenvalue weighted by Gasteiger charge is 2.00. The topological polar surface area (TPSA) is 78.0 Å². The Balaban J connectivity index is 2.33. The van der Waals surface area contributed by atoms with Crippen LogP contribution in [0.5, 0.6) is 0 Å². The van der Waals surface area contributed by atoms with Crippen molar-refractivity contribution in [1.82, 2.24) is 15.5 Å². The van der Waals surface area contributed by atoms with Gasteiger partial charge in [-0.05, 0) is 6.92 Å². The average Bonchev–Trinajstić information content (AvgIpc) is 2.36. The van der Waals surface area contributed by atoms with E-state index in [1.807, 2.05) is 6.92 Å². The summed E-state index contributed by atoms with van der Waals surface area (Å²) in [6, 6.07) is 0. The van der Waals surface area contributed by atoms with Crippen LogP contribution in [0.2, 0.25) is 0 Å². The van der Waals surface area contributed by atoms with Crippen molar-refractivity contribution in [3.8, 4) is 0 Å². The molecule has 0 aliphatic heterocycles. The molecule has 0 bridgehead atoms. The number of aromatic nitrogens is 2. The first-order valence-electron chi connectivity index (χ1n) is 3.61. The van der Waals surface area contributed by atoms with Crippen molar-refractivity contribution < 1.29 is 9.90 Å². The van der Waals surface area contributed by atoms with Crippen molar-refractivity contribution >= 4 is 5.97 Å². The lowest BCUT2D eigenvalue weighted by molar-refractivity contribution is -0.135. The third kappa shape index (κ3) is 2.35. The first-order valence-corrected chi connectivity index (χ1v) is 3.61. The molecule has 0 amide bonds. The highest BCUT2D eigenvalue weighted by molar-refractivity contribution is 5.68. The van der Waals surface area contributed by atoms with Gasteiger partial charge >= 0.3 is 5.97 Å². The summed E-state index contributed by atoms with van der Waals surface area (Å²) in [7, 11) is 0. The van der Waals surface area contributed by atoms with Gasteiger partial charge in [-0.2, -0.15) is 5.10 Å². The van der Waals surface area contributed by atoms with E-state index >= 15 is 0 Å². The van der Waals surface area contributed by atoms with Crippen LogP contribution in [0.15, 0.2) is 6.20 Å². The molecule has 0 aliphatic rings. The summed E-state index contributed by atoms with van der Waals surface area (Å²) < 4.78 is 0. The third-order valence-electron chi connectivity index (χ3n) is 1.53. The summed E-state index contributed by atoms with van der Waals surface area (Å²) in [5.74, 6) is -0.851. The van der Waals surface area contributed by atoms with Gasteiger partial charge in [0.2, 0.25) is 0 Å². The molecular weight excluding hydrogens is 158 g/mol. The van der Waals surface area contributed by atoms with Crippen LogP contribution in [0.1, 0.15) is 11.3 Å². The fourth-order valence-corrected chi connectivity index (χ4v) is 0.858. The molecule has 0 fully saturated rings. The predicted octanol–water partition coefficient (Wildman–Crippen LogP) is -0.108. The fourth-order valence-electron chi connectivity index (χ4n) is 0.858. The Kier molecular flexibility index (Phi) is 2.82. The zero-order valence-electron chi connectivity index (χ0n) is 6.79. The molecule has 0 atom stereocenters. The molecule has 12 heavy (non-hydrogen) atoms. The van der Waals surface area contributed by atoms with E-state index < -0.39 is 5.97 Å². The molecule has 0 saturated carbocycles. The van der Waals surface area contributed by atoms with Gasteiger partial charge in [0.05, 0.1) is 12.7 Å². The molecule has 5 heteroatoms. The maximum absolute atomic E-state index is 10.1. The third-order valence-corrected chi connectivity index (χ3v) is 1.53. The largest absolute Gasteiger partial charge is 0.480 e. The molecule has 1 heterocycles. The predicted molar refractivity (Wildman–Crippen MR) is 42.7 cm³/mol. The van der Waals surface area contributed by atoms with Crippen molar-refractivity contribution in [3.05, 3.63) is 17.5 Å². The molecule has 1 rings (SSSR count). The number of carboxylic acid groups (broad SMARTS) is 1. The monoisotopic (exact) mass is 169 g/mol. The molecule has 0 spiro atoms. The first kappa shape index (κ1) is 8.73. The lowest BCUT2D eigenvalue weighted by atomic mass is 10.3. The number of nitrogens with one attached hydrogen (secondary N) is 2. The quantitative estimate of drug-likeness (QED) is 0.587. The van der Waals surface area contributed by atoms with Gasteiger partial charge in [0.1, 0.15) is 0 Å². The molecule has 1 aromatic heterocycles. The number of rotatable bonds is 4. The van der Waals surface area contributed by atoms with E-state index in [9.17, 15) is 4.79 Å². The van der Waals surface area contributed by atoms with Crippen molar-refractivity contribution in [2.24, 2.45) is 0 Å². The summed E-state index contributed by atoms with van der Waals surface area (Å²) >= 11 is 0. The van der Waals surface area contributed by atoms with Gasteiger partial charge < -0.3 is 10.4 Å². The van der Waals surface area contributed by atoms with Gasteiger partial charge in [0.25, 0.3) is 0 Å². The maximum atomic E-state index is 10.1. The Hall–Kier alpha value is -1.36. The minimum Gasteiger partial charge on any atom is -0.480 e. The summed E-state index contributed by atoms with van der Waals surface area (Å²) in [6.45, 7) is 2.41. The molecule has 0 aliphatic carbocycles. The normalized spacial score (nSPS) is 10.1. The number of aryl methyl sites for hydroxylation is 1. The van der Waals surface area contributed by atoms with Crippen molar-refractivity contribution in [1.29, 1.82) is 0 Å². The van der Waals surface area contributed by atoms with E-state index in [1.54, 1.807) is 6.20 Å². The minimum atomic E-state index is -0.851. The van der Waals surface area contributed by atoms with Crippen LogP contribution in [-0.4, -0.2) is 27.8 Å². The van der Waals surface area contributed by atoms with Crippen molar-refractivity contribution in [2.45, 2.75) is 13.5 Å². The standard InChI is InChI=1S/C7H11N3O2/c1-5-6(3-9-10-5)2-8-4-7(11)12/h3,8H,2,4H2,1H3,(H,9,10)(H,11,12). The van der Waals surface area contributed by atoms with Crippen LogP contribution in [0.4, 0.5) is 0 Å². The second-order valence-corrected chi connectivity index (χ2v) is 2.52. The van der Waals surface area contributed by atoms with Gasteiger partial charge in [0.15, 0.2) is 0 Å². The second kappa shape index (κ2) is 3.87. The summed E-state index contributed by atoms with van der Waals surface area (Å²) in [5, 5.41) is 17.7. The van der Waals surface area contributed by atoms with Gasteiger partial charge in [-0.1, -0.05) is 0 Å². The number of carboxylic acids is 1. The van der Waals surface area contributed by atoms with Gasteiger partial charge in [-0.15, -0.1) is 0 Å². The molecule has 0 saturated heterocycles. The molecule has 5 nitrogen and oxygen atoms in total. The van der Waals surface area contributed by atoms with Crippen LogP contribution in [-0.2, 0) is 11.3 Å². The molecule has 3 N–H and O–H groups in total. The molecule has 0 radical (unpaired) electrons. The SMILES string of the molecule is Cc1[nH]ncc1CNCC(=O)O. The lowest BCUT2D eigenvalue weighted by Gasteiger charge is -1.98. The molecule has 0 aromatic carbocycles. The van der Waals surface area contributed by atoms with Crippen molar-refractivity contribution in [2.75, 3.05) is 6.54 Å². The van der Waals surface area contributed by atoms with Crippen LogP contribution in [0, 0.1) is 6.92 Å². The van der Waals surface area contributed by atoms with Gasteiger partial charge in [-0.3, -0.25) is 9.89 Å². The molecule has 1 aromatic rings.